The van der Waals surface area contributed by atoms with Gasteiger partial charge in [-0.05, 0) is 71.5 Å². The third kappa shape index (κ3) is 5.72. The maximum atomic E-state index is 13.8. The normalized spacial score (nSPS) is 19.4. The van der Waals surface area contributed by atoms with E-state index in [2.05, 4.69) is 10.0 Å². The standard InChI is InChI=1S/C25H29F2N3O3S/c1-28-25-6-4-18-3-5-21(33-10-8-29-34(31,32)22-7-9-30(2)16-22)15-23(18)24(25)13-17-11-19(26)14-20(27)12-17/h3,5,7,9,11-12,14-16,24-25,28H,4,6,8,10,13H2,1-2H3,(H-,29,31,32)/p+1. The van der Waals surface area contributed by atoms with Crippen molar-refractivity contribution in [1.29, 1.82) is 0 Å². The number of likely N-dealkylation sites (N-methyl/N-ethyl adjacent to an activating group) is 1. The maximum absolute atomic E-state index is 13.8. The summed E-state index contributed by atoms with van der Waals surface area (Å²) in [7, 11) is 0.350. The van der Waals surface area contributed by atoms with Gasteiger partial charge in [0.15, 0.2) is 0 Å². The van der Waals surface area contributed by atoms with Crippen LogP contribution in [-0.4, -0.2) is 35.4 Å². The van der Waals surface area contributed by atoms with Gasteiger partial charge in [-0.1, -0.05) is 6.07 Å². The number of nitrogens with zero attached hydrogens (tertiary/aromatic N) is 1. The third-order valence-electron chi connectivity index (χ3n) is 6.27. The molecule has 1 aromatic heterocycles. The van der Waals surface area contributed by atoms with E-state index in [0.717, 1.165) is 24.5 Å². The van der Waals surface area contributed by atoms with Gasteiger partial charge in [0.05, 0.1) is 12.7 Å². The second-order valence-electron chi connectivity index (χ2n) is 8.66. The molecule has 0 radical (unpaired) electrons. The lowest BCUT2D eigenvalue weighted by molar-refractivity contribution is 0.319. The molecule has 0 saturated carbocycles. The number of halogens is 2. The van der Waals surface area contributed by atoms with E-state index in [-0.39, 0.29) is 25.1 Å². The van der Waals surface area contributed by atoms with Gasteiger partial charge in [0, 0.05) is 37.3 Å². The summed E-state index contributed by atoms with van der Waals surface area (Å²) in [6, 6.07) is 11.3. The number of benzene rings is 2. The maximum Gasteiger partial charge on any atom is 0.324 e. The SMILES string of the molecule is CNC1CCc2ccc(OCCN[S+](=O)(O)c3ccn(C)c3)cc2C1Cc1cc(F)cc(F)c1. The predicted molar refractivity (Wildman–Crippen MR) is 128 cm³/mol. The minimum atomic E-state index is -3.34. The van der Waals surface area contributed by atoms with Crippen molar-refractivity contribution >= 4 is 10.4 Å². The second-order valence-corrected chi connectivity index (χ2v) is 10.5. The van der Waals surface area contributed by atoms with Gasteiger partial charge in [-0.25, -0.2) is 8.78 Å². The molecule has 1 aliphatic carbocycles. The largest absolute Gasteiger partial charge is 0.492 e. The Kier molecular flexibility index (Phi) is 7.47. The predicted octanol–water partition coefficient (Wildman–Crippen LogP) is 4.08. The van der Waals surface area contributed by atoms with Crippen molar-refractivity contribution in [3.63, 3.8) is 0 Å². The second kappa shape index (κ2) is 10.4. The molecule has 0 saturated heterocycles. The molecule has 9 heteroatoms. The van der Waals surface area contributed by atoms with Crippen LogP contribution in [0.5, 0.6) is 5.75 Å². The van der Waals surface area contributed by atoms with E-state index in [4.69, 9.17) is 4.74 Å². The molecule has 3 aromatic rings. The first-order chi connectivity index (χ1) is 16.2. The van der Waals surface area contributed by atoms with Crippen LogP contribution in [0.2, 0.25) is 0 Å². The number of aryl methyl sites for hydroxylation is 2. The fraction of sp³-hybridized carbons (Fsp3) is 0.360. The molecule has 0 spiro atoms. The van der Waals surface area contributed by atoms with Crippen LogP contribution in [-0.2, 0) is 34.5 Å². The van der Waals surface area contributed by atoms with Crippen molar-refractivity contribution in [3.8, 4) is 5.75 Å². The average molecular weight is 491 g/mol. The molecular weight excluding hydrogens is 460 g/mol. The molecule has 3 atom stereocenters. The zero-order valence-electron chi connectivity index (χ0n) is 19.3. The van der Waals surface area contributed by atoms with Crippen molar-refractivity contribution in [3.05, 3.63) is 83.2 Å². The molecule has 3 N–H and O–H groups in total. The molecule has 4 rings (SSSR count). The van der Waals surface area contributed by atoms with Gasteiger partial charge in [-0.15, -0.1) is 4.72 Å². The number of nitrogens with one attached hydrogen (secondary N) is 2. The zero-order chi connectivity index (χ0) is 24.3. The quantitative estimate of drug-likeness (QED) is 0.312. The Bertz CT molecular complexity index is 1180. The first-order valence-corrected chi connectivity index (χ1v) is 12.8. The molecule has 0 bridgehead atoms. The fourth-order valence-corrected chi connectivity index (χ4v) is 5.70. The molecule has 1 heterocycles. The highest BCUT2D eigenvalue weighted by Crippen LogP contribution is 2.36. The van der Waals surface area contributed by atoms with E-state index in [1.807, 2.05) is 25.2 Å². The van der Waals surface area contributed by atoms with Gasteiger partial charge in [0.25, 0.3) is 0 Å². The van der Waals surface area contributed by atoms with Crippen LogP contribution in [0.1, 0.15) is 29.0 Å². The summed E-state index contributed by atoms with van der Waals surface area (Å²) >= 11 is 0. The van der Waals surface area contributed by atoms with E-state index in [1.54, 1.807) is 30.1 Å². The Hall–Kier alpha value is -2.59. The molecule has 0 fully saturated rings. The van der Waals surface area contributed by atoms with Crippen molar-refractivity contribution in [1.82, 2.24) is 14.6 Å². The third-order valence-corrected chi connectivity index (χ3v) is 7.74. The van der Waals surface area contributed by atoms with E-state index in [1.165, 1.54) is 17.7 Å². The number of ether oxygens (including phenoxy) is 1. The number of aromatic nitrogens is 1. The van der Waals surface area contributed by atoms with Crippen molar-refractivity contribution in [2.45, 2.75) is 36.1 Å². The first-order valence-electron chi connectivity index (χ1n) is 11.3. The van der Waals surface area contributed by atoms with Crippen LogP contribution in [0.3, 0.4) is 0 Å². The molecule has 182 valence electrons. The van der Waals surface area contributed by atoms with Crippen LogP contribution in [0.25, 0.3) is 0 Å². The van der Waals surface area contributed by atoms with Gasteiger partial charge in [0.2, 0.25) is 4.90 Å². The minimum Gasteiger partial charge on any atom is -0.492 e. The van der Waals surface area contributed by atoms with E-state index >= 15 is 0 Å². The number of hydrogen-bond acceptors (Lipinski definition) is 3. The molecule has 2 aromatic carbocycles. The summed E-state index contributed by atoms with van der Waals surface area (Å²) in [5, 5.41) is 3.35. The number of rotatable bonds is 9. The molecule has 6 nitrogen and oxygen atoms in total. The number of fused-ring (bicyclic) bond motifs is 1. The first kappa shape index (κ1) is 24.5. The van der Waals surface area contributed by atoms with E-state index in [0.29, 0.717) is 22.6 Å². The molecule has 0 amide bonds. The molecule has 1 aliphatic rings. The monoisotopic (exact) mass is 490 g/mol. The minimum absolute atomic E-state index is 0.0332. The summed E-state index contributed by atoms with van der Waals surface area (Å²) in [6.45, 7) is 0.394. The molecule has 34 heavy (non-hydrogen) atoms. The smallest absolute Gasteiger partial charge is 0.324 e. The van der Waals surface area contributed by atoms with Gasteiger partial charge < -0.3 is 14.6 Å². The average Bonchev–Trinajstić information content (AvgIpc) is 3.24. The number of hydrogen-bond donors (Lipinski definition) is 3. The highest BCUT2D eigenvalue weighted by molar-refractivity contribution is 7.95. The van der Waals surface area contributed by atoms with Crippen molar-refractivity contribution in [2.24, 2.45) is 7.05 Å². The van der Waals surface area contributed by atoms with Crippen LogP contribution in [0.4, 0.5) is 8.78 Å². The Morgan fingerprint density at radius 1 is 1.18 bits per heavy atom. The van der Waals surface area contributed by atoms with E-state index < -0.39 is 22.0 Å². The van der Waals surface area contributed by atoms with Gasteiger partial charge in [0.1, 0.15) is 24.0 Å². The lowest BCUT2D eigenvalue weighted by Gasteiger charge is -2.34. The fourth-order valence-electron chi connectivity index (χ4n) is 4.62. The molecule has 3 unspecified atom stereocenters. The van der Waals surface area contributed by atoms with Crippen LogP contribution in [0, 0.1) is 11.6 Å². The van der Waals surface area contributed by atoms with Gasteiger partial charge in [-0.3, -0.25) is 0 Å². The Balaban J connectivity index is 1.45. The Morgan fingerprint density at radius 3 is 2.62 bits per heavy atom. The van der Waals surface area contributed by atoms with Crippen LogP contribution < -0.4 is 14.8 Å². The summed E-state index contributed by atoms with van der Waals surface area (Å²) in [6.07, 6.45) is 5.65. The van der Waals surface area contributed by atoms with Crippen molar-refractivity contribution in [2.75, 3.05) is 20.2 Å². The topological polar surface area (TPSA) is 75.5 Å². The summed E-state index contributed by atoms with van der Waals surface area (Å²) in [5.74, 6) is -0.470. The van der Waals surface area contributed by atoms with Gasteiger partial charge in [-0.2, -0.15) is 4.55 Å². The summed E-state index contributed by atoms with van der Waals surface area (Å²) in [4.78, 5) is 0.318. The highest BCUT2D eigenvalue weighted by atomic mass is 32.3. The lowest BCUT2D eigenvalue weighted by atomic mass is 9.76. The molecule has 0 aliphatic heterocycles. The lowest BCUT2D eigenvalue weighted by Crippen LogP contribution is -2.37. The zero-order valence-corrected chi connectivity index (χ0v) is 20.1. The summed E-state index contributed by atoms with van der Waals surface area (Å²) in [5.41, 5.74) is 2.90. The van der Waals surface area contributed by atoms with Crippen molar-refractivity contribution < 1.29 is 22.3 Å². The highest BCUT2D eigenvalue weighted by Gasteiger charge is 2.31. The Labute approximate surface area is 199 Å². The van der Waals surface area contributed by atoms with Crippen LogP contribution in [0.15, 0.2) is 59.8 Å². The Morgan fingerprint density at radius 2 is 1.94 bits per heavy atom. The summed E-state index contributed by atoms with van der Waals surface area (Å²) < 4.78 is 60.4. The molecular formula is C25H30F2N3O3S+. The van der Waals surface area contributed by atoms with Gasteiger partial charge >= 0.3 is 10.4 Å². The van der Waals surface area contributed by atoms with Crippen LogP contribution >= 0.6 is 0 Å². The van der Waals surface area contributed by atoms with E-state index in [9.17, 15) is 17.5 Å².